The molecule has 0 aliphatic heterocycles. The Balaban J connectivity index is 2.43. The molecule has 0 amide bonds. The molecule has 0 aliphatic rings. The van der Waals surface area contributed by atoms with Gasteiger partial charge in [-0.2, -0.15) is 0 Å². The van der Waals surface area contributed by atoms with E-state index in [4.69, 9.17) is 11.6 Å². The monoisotopic (exact) mass is 314 g/mol. The lowest BCUT2D eigenvalue weighted by Crippen LogP contribution is -2.01. The molecule has 2 rings (SSSR count). The average Bonchev–Trinajstić information content (AvgIpc) is 2.27. The van der Waals surface area contributed by atoms with Gasteiger partial charge in [0.2, 0.25) is 0 Å². The zero-order chi connectivity index (χ0) is 12.4. The first-order valence-electron chi connectivity index (χ1n) is 4.96. The fourth-order valence-electron chi connectivity index (χ4n) is 1.61. The highest BCUT2D eigenvalue weighted by Gasteiger charge is 2.14. The van der Waals surface area contributed by atoms with Crippen LogP contribution < -0.4 is 0 Å². The van der Waals surface area contributed by atoms with Crippen molar-refractivity contribution < 1.29 is 9.50 Å². The highest BCUT2D eigenvalue weighted by molar-refractivity contribution is 9.10. The standard InChI is InChI=1S/C13H9BrClFO/c14-12-4-2-1-3-11(12)13(17)8-5-9(15)7-10(16)6-8/h1-7,13,17H/t13-/m0/s1. The molecular formula is C13H9BrClFO. The maximum Gasteiger partial charge on any atom is 0.125 e. The van der Waals surface area contributed by atoms with Crippen molar-refractivity contribution >= 4 is 27.5 Å². The van der Waals surface area contributed by atoms with Gasteiger partial charge >= 0.3 is 0 Å². The topological polar surface area (TPSA) is 20.2 Å². The van der Waals surface area contributed by atoms with Crippen molar-refractivity contribution in [3.05, 3.63) is 68.9 Å². The quantitative estimate of drug-likeness (QED) is 0.875. The number of hydrogen-bond donors (Lipinski definition) is 1. The van der Waals surface area contributed by atoms with Crippen LogP contribution in [0.1, 0.15) is 17.2 Å². The van der Waals surface area contributed by atoms with E-state index < -0.39 is 11.9 Å². The Hall–Kier alpha value is -0.900. The van der Waals surface area contributed by atoms with E-state index in [0.717, 1.165) is 4.47 Å². The predicted octanol–water partition coefficient (Wildman–Crippen LogP) is 4.32. The summed E-state index contributed by atoms with van der Waals surface area (Å²) in [6.07, 6.45) is -0.904. The Kier molecular flexibility index (Phi) is 3.82. The van der Waals surface area contributed by atoms with Crippen LogP contribution in [-0.4, -0.2) is 5.11 Å². The molecule has 0 fully saturated rings. The van der Waals surface area contributed by atoms with Crippen LogP contribution in [0.15, 0.2) is 46.9 Å². The van der Waals surface area contributed by atoms with Crippen LogP contribution in [0.25, 0.3) is 0 Å². The van der Waals surface area contributed by atoms with E-state index in [9.17, 15) is 9.50 Å². The van der Waals surface area contributed by atoms with Gasteiger partial charge in [-0.25, -0.2) is 4.39 Å². The first-order chi connectivity index (χ1) is 8.08. The Morgan fingerprint density at radius 2 is 1.88 bits per heavy atom. The third-order valence-electron chi connectivity index (χ3n) is 2.40. The van der Waals surface area contributed by atoms with Gasteiger partial charge in [0.15, 0.2) is 0 Å². The summed E-state index contributed by atoms with van der Waals surface area (Å²) in [7, 11) is 0. The van der Waals surface area contributed by atoms with Crippen LogP contribution in [0, 0.1) is 5.82 Å². The van der Waals surface area contributed by atoms with Crippen LogP contribution in [0.2, 0.25) is 5.02 Å². The minimum absolute atomic E-state index is 0.270. The van der Waals surface area contributed by atoms with Gasteiger partial charge in [-0.05, 0) is 35.4 Å². The van der Waals surface area contributed by atoms with Crippen molar-refractivity contribution in [1.29, 1.82) is 0 Å². The average molecular weight is 316 g/mol. The number of aliphatic hydroxyl groups is 1. The van der Waals surface area contributed by atoms with Crippen LogP contribution >= 0.6 is 27.5 Å². The van der Waals surface area contributed by atoms with Gasteiger partial charge in [0.25, 0.3) is 0 Å². The van der Waals surface area contributed by atoms with E-state index in [2.05, 4.69) is 15.9 Å². The summed E-state index contributed by atoms with van der Waals surface area (Å²) in [6.45, 7) is 0. The Bertz CT molecular complexity index is 524. The molecule has 0 aliphatic carbocycles. The molecule has 0 saturated heterocycles. The van der Waals surface area contributed by atoms with Crippen LogP contribution in [0.3, 0.4) is 0 Å². The lowest BCUT2D eigenvalue weighted by Gasteiger charge is -2.13. The normalized spacial score (nSPS) is 12.5. The van der Waals surface area contributed by atoms with Crippen LogP contribution in [-0.2, 0) is 0 Å². The number of benzene rings is 2. The number of aliphatic hydroxyl groups excluding tert-OH is 1. The Labute approximate surface area is 112 Å². The number of rotatable bonds is 2. The first-order valence-corrected chi connectivity index (χ1v) is 6.13. The smallest absolute Gasteiger partial charge is 0.125 e. The summed E-state index contributed by atoms with van der Waals surface area (Å²) in [6, 6.07) is 11.3. The molecule has 88 valence electrons. The molecule has 0 heterocycles. The summed E-state index contributed by atoms with van der Waals surface area (Å²) in [5.74, 6) is -0.460. The molecule has 17 heavy (non-hydrogen) atoms. The number of hydrogen-bond acceptors (Lipinski definition) is 1. The van der Waals surface area contributed by atoms with Crippen LogP contribution in [0.4, 0.5) is 4.39 Å². The molecule has 1 atom stereocenters. The molecule has 0 unspecified atom stereocenters. The van der Waals surface area contributed by atoms with Crippen molar-refractivity contribution in [1.82, 2.24) is 0 Å². The Morgan fingerprint density at radius 3 is 2.53 bits per heavy atom. The summed E-state index contributed by atoms with van der Waals surface area (Å²) in [5.41, 5.74) is 1.11. The van der Waals surface area contributed by atoms with Crippen molar-refractivity contribution in [2.75, 3.05) is 0 Å². The maximum atomic E-state index is 13.2. The summed E-state index contributed by atoms with van der Waals surface area (Å²) in [5, 5.41) is 10.4. The summed E-state index contributed by atoms with van der Waals surface area (Å²) < 4.78 is 14.0. The molecule has 0 aromatic heterocycles. The van der Waals surface area contributed by atoms with E-state index in [-0.39, 0.29) is 5.02 Å². The zero-order valence-corrected chi connectivity index (χ0v) is 11.0. The number of halogens is 3. The van der Waals surface area contributed by atoms with Gasteiger partial charge in [0.1, 0.15) is 11.9 Å². The minimum Gasteiger partial charge on any atom is -0.384 e. The fourth-order valence-corrected chi connectivity index (χ4v) is 2.34. The second kappa shape index (κ2) is 5.17. The third-order valence-corrected chi connectivity index (χ3v) is 3.34. The van der Waals surface area contributed by atoms with Gasteiger partial charge in [-0.3, -0.25) is 0 Å². The van der Waals surface area contributed by atoms with Gasteiger partial charge in [-0.1, -0.05) is 45.7 Å². The second-order valence-corrected chi connectivity index (χ2v) is 4.92. The molecule has 4 heteroatoms. The molecule has 0 saturated carbocycles. The molecule has 1 N–H and O–H groups in total. The van der Waals surface area contributed by atoms with Crippen molar-refractivity contribution in [2.24, 2.45) is 0 Å². The molecule has 0 spiro atoms. The highest BCUT2D eigenvalue weighted by atomic mass is 79.9. The van der Waals surface area contributed by atoms with Gasteiger partial charge in [0, 0.05) is 9.50 Å². The van der Waals surface area contributed by atoms with Gasteiger partial charge in [0.05, 0.1) is 0 Å². The van der Waals surface area contributed by atoms with E-state index >= 15 is 0 Å². The Morgan fingerprint density at radius 1 is 1.18 bits per heavy atom. The van der Waals surface area contributed by atoms with Gasteiger partial charge in [-0.15, -0.1) is 0 Å². The third kappa shape index (κ3) is 2.86. The van der Waals surface area contributed by atoms with E-state index in [1.54, 1.807) is 12.1 Å². The largest absolute Gasteiger partial charge is 0.384 e. The van der Waals surface area contributed by atoms with E-state index in [0.29, 0.717) is 11.1 Å². The fraction of sp³-hybridized carbons (Fsp3) is 0.0769. The first kappa shape index (κ1) is 12.6. The van der Waals surface area contributed by atoms with Crippen molar-refractivity contribution in [3.63, 3.8) is 0 Å². The summed E-state index contributed by atoms with van der Waals surface area (Å²) >= 11 is 9.10. The molecule has 2 aromatic rings. The lowest BCUT2D eigenvalue weighted by atomic mass is 10.0. The highest BCUT2D eigenvalue weighted by Crippen LogP contribution is 2.30. The van der Waals surface area contributed by atoms with Crippen molar-refractivity contribution in [3.8, 4) is 0 Å². The van der Waals surface area contributed by atoms with E-state index in [1.165, 1.54) is 12.1 Å². The van der Waals surface area contributed by atoms with Crippen LogP contribution in [0.5, 0.6) is 0 Å². The summed E-state index contributed by atoms with van der Waals surface area (Å²) in [4.78, 5) is 0. The van der Waals surface area contributed by atoms with E-state index in [1.807, 2.05) is 18.2 Å². The molecule has 0 bridgehead atoms. The van der Waals surface area contributed by atoms with Gasteiger partial charge < -0.3 is 5.11 Å². The zero-order valence-electron chi connectivity index (χ0n) is 8.70. The molecule has 1 nitrogen and oxygen atoms in total. The minimum atomic E-state index is -0.904. The predicted molar refractivity (Wildman–Crippen MR) is 69.6 cm³/mol. The second-order valence-electron chi connectivity index (χ2n) is 3.63. The molecule has 0 radical (unpaired) electrons. The lowest BCUT2D eigenvalue weighted by molar-refractivity contribution is 0.219. The molecular weight excluding hydrogens is 306 g/mol. The molecule has 2 aromatic carbocycles. The SMILES string of the molecule is O[C@@H](c1cc(F)cc(Cl)c1)c1ccccc1Br. The van der Waals surface area contributed by atoms with Crippen molar-refractivity contribution in [2.45, 2.75) is 6.10 Å². The maximum absolute atomic E-state index is 13.2.